The fraction of sp³-hybridized carbons (Fsp3) is 0.500. The number of rotatable bonds is 4. The molecule has 0 spiro atoms. The van der Waals surface area contributed by atoms with Gasteiger partial charge >= 0.3 is 0 Å². The van der Waals surface area contributed by atoms with Gasteiger partial charge in [-0.15, -0.1) is 0 Å². The molecular weight excluding hydrogens is 326 g/mol. The summed E-state index contributed by atoms with van der Waals surface area (Å²) in [4.78, 5) is 14.2. The Bertz CT molecular complexity index is 625. The third-order valence-electron chi connectivity index (χ3n) is 3.78. The first kappa shape index (κ1) is 17.2. The number of hydrogen-bond donors (Lipinski definition) is 1. The van der Waals surface area contributed by atoms with Crippen LogP contribution in [0.4, 0.5) is 5.69 Å². The number of carbonyl (C=O) groups is 1. The van der Waals surface area contributed by atoms with Crippen LogP contribution in [0.25, 0.3) is 0 Å². The van der Waals surface area contributed by atoms with Crippen LogP contribution in [0.1, 0.15) is 6.92 Å². The van der Waals surface area contributed by atoms with Crippen molar-refractivity contribution in [3.8, 4) is 0 Å². The van der Waals surface area contributed by atoms with E-state index < -0.39 is 10.0 Å². The molecule has 0 aromatic heterocycles. The SMILES string of the molecule is C[C@@H](C(=O)Nc1ccc(Cl)cc1)N1CCN(S(C)(=O)=O)CC1. The van der Waals surface area contributed by atoms with E-state index in [9.17, 15) is 13.2 Å². The van der Waals surface area contributed by atoms with E-state index in [2.05, 4.69) is 5.32 Å². The molecule has 0 saturated carbocycles. The van der Waals surface area contributed by atoms with Gasteiger partial charge in [-0.25, -0.2) is 8.42 Å². The molecule has 1 aromatic carbocycles. The van der Waals surface area contributed by atoms with Crippen molar-refractivity contribution in [2.75, 3.05) is 37.8 Å². The van der Waals surface area contributed by atoms with Crippen LogP contribution in [0.2, 0.25) is 5.02 Å². The zero-order chi connectivity index (χ0) is 16.3. The topological polar surface area (TPSA) is 69.7 Å². The summed E-state index contributed by atoms with van der Waals surface area (Å²) in [6, 6.07) is 6.60. The number of amides is 1. The zero-order valence-corrected chi connectivity index (χ0v) is 14.2. The summed E-state index contributed by atoms with van der Waals surface area (Å²) in [6.45, 7) is 3.74. The minimum Gasteiger partial charge on any atom is -0.325 e. The van der Waals surface area contributed by atoms with Gasteiger partial charge in [-0.3, -0.25) is 9.69 Å². The van der Waals surface area contributed by atoms with Gasteiger partial charge in [0.05, 0.1) is 12.3 Å². The molecule has 2 rings (SSSR count). The molecule has 8 heteroatoms. The molecule has 1 aliphatic rings. The average molecular weight is 346 g/mol. The molecule has 1 heterocycles. The highest BCUT2D eigenvalue weighted by atomic mass is 35.5. The Morgan fingerprint density at radius 1 is 1.18 bits per heavy atom. The Morgan fingerprint density at radius 3 is 2.23 bits per heavy atom. The number of benzene rings is 1. The summed E-state index contributed by atoms with van der Waals surface area (Å²) >= 11 is 5.81. The lowest BCUT2D eigenvalue weighted by Crippen LogP contribution is -2.53. The van der Waals surface area contributed by atoms with Crippen molar-refractivity contribution in [2.45, 2.75) is 13.0 Å². The molecule has 0 aliphatic carbocycles. The summed E-state index contributed by atoms with van der Waals surface area (Å²) in [5, 5.41) is 3.45. The van der Waals surface area contributed by atoms with Crippen LogP contribution in [-0.2, 0) is 14.8 Å². The number of sulfonamides is 1. The minimum absolute atomic E-state index is 0.116. The Kier molecular flexibility index (Phi) is 5.44. The van der Waals surface area contributed by atoms with Gasteiger partial charge in [0.1, 0.15) is 0 Å². The fourth-order valence-corrected chi connectivity index (χ4v) is 3.32. The number of nitrogens with zero attached hydrogens (tertiary/aromatic N) is 2. The predicted molar refractivity (Wildman–Crippen MR) is 87.5 cm³/mol. The molecule has 22 heavy (non-hydrogen) atoms. The van der Waals surface area contributed by atoms with Crippen LogP contribution in [0.3, 0.4) is 0 Å². The molecule has 1 aromatic rings. The highest BCUT2D eigenvalue weighted by Crippen LogP contribution is 2.15. The van der Waals surface area contributed by atoms with Crippen molar-refractivity contribution in [2.24, 2.45) is 0 Å². The Hall–Kier alpha value is -1.15. The summed E-state index contributed by atoms with van der Waals surface area (Å²) in [7, 11) is -3.15. The van der Waals surface area contributed by atoms with Crippen LogP contribution >= 0.6 is 11.6 Å². The van der Waals surface area contributed by atoms with E-state index in [-0.39, 0.29) is 11.9 Å². The maximum atomic E-state index is 12.3. The van der Waals surface area contributed by atoms with Gasteiger partial charge in [-0.1, -0.05) is 11.6 Å². The van der Waals surface area contributed by atoms with Crippen molar-refractivity contribution in [1.29, 1.82) is 0 Å². The number of halogens is 1. The van der Waals surface area contributed by atoms with Crippen molar-refractivity contribution in [1.82, 2.24) is 9.21 Å². The molecule has 0 radical (unpaired) electrons. The second-order valence-corrected chi connectivity index (χ2v) is 7.79. The van der Waals surface area contributed by atoms with Gasteiger partial charge in [0.25, 0.3) is 0 Å². The second-order valence-electron chi connectivity index (χ2n) is 5.37. The summed E-state index contributed by atoms with van der Waals surface area (Å²) in [5.74, 6) is -0.116. The minimum atomic E-state index is -3.15. The maximum Gasteiger partial charge on any atom is 0.241 e. The Labute approximate surface area is 136 Å². The number of piperazine rings is 1. The van der Waals surface area contributed by atoms with E-state index in [1.807, 2.05) is 11.8 Å². The predicted octanol–water partition coefficient (Wildman–Crippen LogP) is 1.24. The molecule has 0 bridgehead atoms. The van der Waals surface area contributed by atoms with E-state index >= 15 is 0 Å². The van der Waals surface area contributed by atoms with E-state index in [1.54, 1.807) is 24.3 Å². The van der Waals surface area contributed by atoms with Crippen LogP contribution in [-0.4, -0.2) is 62.0 Å². The number of carbonyl (C=O) groups excluding carboxylic acids is 1. The summed E-state index contributed by atoms with van der Waals surface area (Å²) in [5.41, 5.74) is 0.691. The van der Waals surface area contributed by atoms with Crippen molar-refractivity contribution < 1.29 is 13.2 Å². The molecule has 6 nitrogen and oxygen atoms in total. The maximum absolute atomic E-state index is 12.3. The Balaban J connectivity index is 1.90. The smallest absolute Gasteiger partial charge is 0.241 e. The molecule has 1 atom stereocenters. The van der Waals surface area contributed by atoms with Gasteiger partial charge in [0.2, 0.25) is 15.9 Å². The molecule has 1 saturated heterocycles. The molecule has 1 N–H and O–H groups in total. The third kappa shape index (κ3) is 4.42. The van der Waals surface area contributed by atoms with Crippen LogP contribution in [0.15, 0.2) is 24.3 Å². The van der Waals surface area contributed by atoms with Crippen molar-refractivity contribution in [3.63, 3.8) is 0 Å². The van der Waals surface area contributed by atoms with Crippen LogP contribution < -0.4 is 5.32 Å². The quantitative estimate of drug-likeness (QED) is 0.891. The fourth-order valence-electron chi connectivity index (χ4n) is 2.37. The first-order valence-electron chi connectivity index (χ1n) is 7.03. The van der Waals surface area contributed by atoms with Gasteiger partial charge < -0.3 is 5.32 Å². The van der Waals surface area contributed by atoms with E-state index in [0.29, 0.717) is 36.9 Å². The number of hydrogen-bond acceptors (Lipinski definition) is 4. The second kappa shape index (κ2) is 6.95. The lowest BCUT2D eigenvalue weighted by atomic mass is 10.2. The van der Waals surface area contributed by atoms with E-state index in [1.165, 1.54) is 10.6 Å². The highest BCUT2D eigenvalue weighted by molar-refractivity contribution is 7.88. The first-order chi connectivity index (χ1) is 10.3. The Morgan fingerprint density at radius 2 is 1.73 bits per heavy atom. The molecule has 0 unspecified atom stereocenters. The largest absolute Gasteiger partial charge is 0.325 e. The number of nitrogens with one attached hydrogen (secondary N) is 1. The van der Waals surface area contributed by atoms with Gasteiger partial charge in [0, 0.05) is 36.9 Å². The first-order valence-corrected chi connectivity index (χ1v) is 9.25. The standard InChI is InChI=1S/C14H20ClN3O3S/c1-11(14(19)16-13-5-3-12(15)4-6-13)17-7-9-18(10-8-17)22(2,20)21/h3-6,11H,7-10H2,1-2H3,(H,16,19)/t11-/m0/s1. The van der Waals surface area contributed by atoms with Gasteiger partial charge in [0.15, 0.2) is 0 Å². The normalized spacial score (nSPS) is 18.9. The third-order valence-corrected chi connectivity index (χ3v) is 5.34. The van der Waals surface area contributed by atoms with Crippen LogP contribution in [0.5, 0.6) is 0 Å². The average Bonchev–Trinajstić information content (AvgIpc) is 2.48. The lowest BCUT2D eigenvalue weighted by Gasteiger charge is -2.36. The highest BCUT2D eigenvalue weighted by Gasteiger charge is 2.28. The molecule has 1 fully saturated rings. The number of anilines is 1. The lowest BCUT2D eigenvalue weighted by molar-refractivity contribution is -0.121. The summed E-state index contributed by atoms with van der Waals surface area (Å²) in [6.07, 6.45) is 1.21. The summed E-state index contributed by atoms with van der Waals surface area (Å²) < 4.78 is 24.4. The van der Waals surface area contributed by atoms with Crippen LogP contribution in [0, 0.1) is 0 Å². The van der Waals surface area contributed by atoms with E-state index in [0.717, 1.165) is 0 Å². The molecular formula is C14H20ClN3O3S. The monoisotopic (exact) mass is 345 g/mol. The van der Waals surface area contributed by atoms with Crippen molar-refractivity contribution in [3.05, 3.63) is 29.3 Å². The zero-order valence-electron chi connectivity index (χ0n) is 12.6. The molecule has 122 valence electrons. The molecule has 1 aliphatic heterocycles. The van der Waals surface area contributed by atoms with Crippen molar-refractivity contribution >= 4 is 33.2 Å². The van der Waals surface area contributed by atoms with E-state index in [4.69, 9.17) is 11.6 Å². The van der Waals surface area contributed by atoms with Gasteiger partial charge in [-0.2, -0.15) is 4.31 Å². The van der Waals surface area contributed by atoms with Gasteiger partial charge in [-0.05, 0) is 31.2 Å². The molecule has 1 amide bonds.